The Kier molecular flexibility index (Phi) is 7.67. The first kappa shape index (κ1) is 21.4. The van der Waals surface area contributed by atoms with Crippen molar-refractivity contribution in [3.05, 3.63) is 84.9 Å². The molecule has 0 N–H and O–H groups in total. The normalized spacial score (nSPS) is 9.73. The van der Waals surface area contributed by atoms with Gasteiger partial charge in [0.2, 0.25) is 0 Å². The maximum Gasteiger partial charge on any atom is -1.00 e. The minimum atomic E-state index is -1.90. The van der Waals surface area contributed by atoms with Gasteiger partial charge in [-0.2, -0.15) is 0 Å². The van der Waals surface area contributed by atoms with E-state index in [0.717, 1.165) is 0 Å². The van der Waals surface area contributed by atoms with Crippen molar-refractivity contribution in [2.75, 3.05) is 0 Å². The summed E-state index contributed by atoms with van der Waals surface area (Å²) in [4.78, 5) is 0. The topological polar surface area (TPSA) is 0 Å². The van der Waals surface area contributed by atoms with Crippen molar-refractivity contribution < 1.29 is 45.2 Å². The van der Waals surface area contributed by atoms with Gasteiger partial charge in [-0.15, -0.1) is 0 Å². The summed E-state index contributed by atoms with van der Waals surface area (Å²) < 4.78 is 3.36. The fraction of sp³-hybridized carbons (Fsp3) is 0.0909. The van der Waals surface area contributed by atoms with E-state index in [1.165, 1.54) is 22.3 Å². The van der Waals surface area contributed by atoms with Crippen LogP contribution in [0, 0.1) is 0 Å². The Balaban J connectivity index is 0.00000121. The molecule has 0 aromatic carbocycles. The molecule has 0 aromatic heterocycles. The minimum Gasteiger partial charge on any atom is -1.00 e. The molecule has 26 heavy (non-hydrogen) atoms. The van der Waals surface area contributed by atoms with Crippen LogP contribution in [0.5, 0.6) is 0 Å². The summed E-state index contributed by atoms with van der Waals surface area (Å²) >= 11 is -1.90. The number of hydrogen-bond donors (Lipinski definition) is 0. The maximum atomic E-state index is 2.52. The van der Waals surface area contributed by atoms with Crippen LogP contribution in [0.2, 0.25) is 13.1 Å². The van der Waals surface area contributed by atoms with Crippen LogP contribution in [-0.2, 0) is 20.4 Å². The third kappa shape index (κ3) is 3.99. The van der Waals surface area contributed by atoms with E-state index in [-0.39, 0.29) is 30.2 Å². The molecule has 0 bridgehead atoms. The van der Waals surface area contributed by atoms with Crippen LogP contribution < -0.4 is 31.4 Å². The molecule has 4 rings (SSSR count). The summed E-state index contributed by atoms with van der Waals surface area (Å²) in [7, 11) is 0. The Labute approximate surface area is 176 Å². The van der Waals surface area contributed by atoms with Gasteiger partial charge in [-0.1, -0.05) is 0 Å². The molecule has 0 unspecified atom stereocenters. The molecule has 4 aliphatic rings. The Bertz CT molecular complexity index is 918. The quantitative estimate of drug-likeness (QED) is 0.318. The zero-order valence-electron chi connectivity index (χ0n) is 14.8. The van der Waals surface area contributed by atoms with Crippen molar-refractivity contribution in [1.29, 1.82) is 0 Å². The second kappa shape index (κ2) is 9.33. The molecule has 0 radical (unpaired) electrons. The Morgan fingerprint density at radius 1 is 0.538 bits per heavy atom. The van der Waals surface area contributed by atoms with Crippen LogP contribution in [0.4, 0.5) is 0 Å². The molecule has 4 heteroatoms. The van der Waals surface area contributed by atoms with Crippen LogP contribution in [0.3, 0.4) is 0 Å². The predicted octanol–water partition coefficient (Wildman–Crippen LogP) is -1.28. The fourth-order valence-corrected chi connectivity index (χ4v) is 19.5. The van der Waals surface area contributed by atoms with Gasteiger partial charge in [0.1, 0.15) is 0 Å². The Morgan fingerprint density at radius 3 is 1.38 bits per heavy atom. The van der Waals surface area contributed by atoms with Crippen LogP contribution in [-0.4, -0.2) is 5.43 Å². The average Bonchev–Trinajstić information content (AvgIpc) is 2.94. The van der Waals surface area contributed by atoms with E-state index in [0.29, 0.717) is 0 Å². The first-order chi connectivity index (χ1) is 11.8. The van der Waals surface area contributed by atoms with E-state index in [1.54, 1.807) is 6.54 Å². The Hall–Kier alpha value is -0.920. The minimum absolute atomic E-state index is 0. The predicted molar refractivity (Wildman–Crippen MR) is 103 cm³/mol. The molecule has 0 amide bonds. The van der Waals surface area contributed by atoms with E-state index in [1.807, 2.05) is 0 Å². The second-order valence-corrected chi connectivity index (χ2v) is 23.3. The third-order valence-electron chi connectivity index (χ3n) is 4.62. The van der Waals surface area contributed by atoms with Crippen LogP contribution in [0.25, 0.3) is 22.3 Å². The zero-order chi connectivity index (χ0) is 16.5. The second-order valence-electron chi connectivity index (χ2n) is 6.43. The molecule has 4 aliphatic carbocycles. The number of hydrogen-bond acceptors (Lipinski definition) is 0. The first-order valence-corrected chi connectivity index (χ1v) is 17.0. The van der Waals surface area contributed by atoms with Crippen LogP contribution >= 0.6 is 0 Å². The van der Waals surface area contributed by atoms with Gasteiger partial charge in [0.05, 0.1) is 0 Å². The molecule has 0 spiro atoms. The van der Waals surface area contributed by atoms with E-state index in [2.05, 4.69) is 98.0 Å². The molecule has 0 saturated heterocycles. The molecule has 0 nitrogen and oxygen atoms in total. The summed E-state index contributed by atoms with van der Waals surface area (Å²) in [5, 5.41) is 0. The van der Waals surface area contributed by atoms with Gasteiger partial charge in [-0.05, 0) is 0 Å². The van der Waals surface area contributed by atoms with Gasteiger partial charge >= 0.3 is 153 Å². The van der Waals surface area contributed by atoms with Crippen molar-refractivity contribution in [2.24, 2.45) is 0 Å². The van der Waals surface area contributed by atoms with E-state index >= 15 is 0 Å². The molecule has 0 atom stereocenters. The fourth-order valence-electron chi connectivity index (χ4n) is 3.55. The summed E-state index contributed by atoms with van der Waals surface area (Å²) in [6, 6.07) is 31.6. The third-order valence-corrected chi connectivity index (χ3v) is 21.0. The van der Waals surface area contributed by atoms with Crippen molar-refractivity contribution in [1.82, 2.24) is 0 Å². The molecular weight excluding hydrogens is 454 g/mol. The van der Waals surface area contributed by atoms with Crippen molar-refractivity contribution >= 4 is 12.0 Å². The number of rotatable bonds is 2. The van der Waals surface area contributed by atoms with E-state index in [9.17, 15) is 0 Å². The maximum absolute atomic E-state index is 2.52. The number of fused-ring (bicyclic) bond motifs is 2. The average molecular weight is 475 g/mol. The van der Waals surface area contributed by atoms with Gasteiger partial charge in [0.15, 0.2) is 0 Å². The smallest absolute Gasteiger partial charge is 1.00 e. The SMILES string of the molecule is C[Si](C)=[Zr+2]([c]1ccc2cccccc1-2)[c]1ccc2cccccc1-2.[Cl-].[Cl-]. The summed E-state index contributed by atoms with van der Waals surface area (Å²) in [6.07, 6.45) is 0. The molecule has 130 valence electrons. The van der Waals surface area contributed by atoms with Gasteiger partial charge in [0, 0.05) is 0 Å². The van der Waals surface area contributed by atoms with Gasteiger partial charge < -0.3 is 24.8 Å². The van der Waals surface area contributed by atoms with Gasteiger partial charge in [0.25, 0.3) is 0 Å². The van der Waals surface area contributed by atoms with Gasteiger partial charge in [-0.25, -0.2) is 0 Å². The monoisotopic (exact) mass is 472 g/mol. The summed E-state index contributed by atoms with van der Waals surface area (Å²) in [5.74, 6) is 0. The van der Waals surface area contributed by atoms with Gasteiger partial charge in [-0.3, -0.25) is 0 Å². The van der Waals surface area contributed by atoms with Crippen molar-refractivity contribution in [2.45, 2.75) is 13.1 Å². The Morgan fingerprint density at radius 2 is 0.962 bits per heavy atom. The molecule has 0 aliphatic heterocycles. The first-order valence-electron chi connectivity index (χ1n) is 8.39. The standard InChI is InChI=1S/2C10H7.C2H6Si.2ClH.Zr/c2*1-2-5-9-7-4-8-10(9)6-3-1;1-3-2;;;/h2*1-7H;1-2H3;2*1H;/q;;;;;+2/p-2. The van der Waals surface area contributed by atoms with E-state index < -0.39 is 20.4 Å². The molecular formula is C22H20Cl2SiZr. The van der Waals surface area contributed by atoms with Crippen LogP contribution in [0.1, 0.15) is 0 Å². The van der Waals surface area contributed by atoms with Crippen molar-refractivity contribution in [3.63, 3.8) is 0 Å². The summed E-state index contributed by atoms with van der Waals surface area (Å²) in [6.45, 7) is 5.03. The molecule has 0 aromatic rings. The molecule has 0 fully saturated rings. The van der Waals surface area contributed by atoms with Crippen LogP contribution in [0.15, 0.2) is 84.9 Å². The zero-order valence-corrected chi connectivity index (χ0v) is 19.8. The van der Waals surface area contributed by atoms with Crippen molar-refractivity contribution in [3.8, 4) is 22.3 Å². The molecule has 0 saturated carbocycles. The largest absolute Gasteiger partial charge is 1.00 e. The number of halogens is 2. The summed E-state index contributed by atoms with van der Waals surface area (Å²) in [5.41, 5.74) is 5.39. The van der Waals surface area contributed by atoms with E-state index in [4.69, 9.17) is 0 Å². The molecule has 0 heterocycles.